The number of benzene rings is 2. The van der Waals surface area contributed by atoms with Crippen LogP contribution in [0.15, 0.2) is 59.5 Å². The summed E-state index contributed by atoms with van der Waals surface area (Å²) < 4.78 is 0. The summed E-state index contributed by atoms with van der Waals surface area (Å²) in [5.74, 6) is 0.652. The highest BCUT2D eigenvalue weighted by Crippen LogP contribution is 2.20. The molecule has 0 aliphatic rings. The molecule has 0 aliphatic carbocycles. The third kappa shape index (κ3) is 7.58. The maximum absolute atomic E-state index is 13.1. The van der Waals surface area contributed by atoms with Crippen molar-refractivity contribution >= 4 is 23.6 Å². The van der Waals surface area contributed by atoms with Gasteiger partial charge in [-0.15, -0.1) is 11.8 Å². The molecule has 2 aromatic carbocycles. The van der Waals surface area contributed by atoms with Crippen molar-refractivity contribution in [3.63, 3.8) is 0 Å². The second-order valence-corrected chi connectivity index (χ2v) is 8.31. The van der Waals surface area contributed by atoms with Gasteiger partial charge >= 0.3 is 0 Å². The van der Waals surface area contributed by atoms with E-state index in [0.717, 1.165) is 22.4 Å². The van der Waals surface area contributed by atoms with E-state index in [1.165, 1.54) is 0 Å². The highest BCUT2D eigenvalue weighted by molar-refractivity contribution is 7.99. The van der Waals surface area contributed by atoms with Gasteiger partial charge in [-0.05, 0) is 37.5 Å². The molecule has 0 bridgehead atoms. The maximum atomic E-state index is 13.1. The average molecular weight is 413 g/mol. The number of amides is 2. The van der Waals surface area contributed by atoms with Gasteiger partial charge < -0.3 is 10.2 Å². The number of carbonyl (C=O) groups is 2. The fraction of sp³-hybridized carbons (Fsp3) is 0.417. The minimum absolute atomic E-state index is 0.0217. The van der Waals surface area contributed by atoms with Crippen LogP contribution in [0.25, 0.3) is 0 Å². The molecule has 0 fully saturated rings. The highest BCUT2D eigenvalue weighted by Gasteiger charge is 2.28. The van der Waals surface area contributed by atoms with E-state index in [0.29, 0.717) is 31.7 Å². The van der Waals surface area contributed by atoms with Crippen LogP contribution in [0.5, 0.6) is 0 Å². The zero-order valence-corrected chi connectivity index (χ0v) is 18.5. The second kappa shape index (κ2) is 12.3. The first-order chi connectivity index (χ1) is 14.0. The SMILES string of the molecule is CCCNC(=O)[C@H](CC)N(Cc1cccc(C)c1)C(=O)CCSc1ccccc1. The molecule has 5 heteroatoms. The molecule has 4 nitrogen and oxygen atoms in total. The van der Waals surface area contributed by atoms with E-state index in [9.17, 15) is 9.59 Å². The molecule has 156 valence electrons. The molecular formula is C24H32N2O2S. The van der Waals surface area contributed by atoms with Gasteiger partial charge in [-0.2, -0.15) is 0 Å². The Morgan fingerprint density at radius 1 is 1.07 bits per heavy atom. The Balaban J connectivity index is 2.10. The van der Waals surface area contributed by atoms with Crippen LogP contribution in [0.1, 0.15) is 44.2 Å². The Morgan fingerprint density at radius 3 is 2.48 bits per heavy atom. The van der Waals surface area contributed by atoms with Crippen LogP contribution in [0.4, 0.5) is 0 Å². The molecular weight excluding hydrogens is 380 g/mol. The van der Waals surface area contributed by atoms with Crippen LogP contribution in [-0.4, -0.2) is 35.1 Å². The summed E-state index contributed by atoms with van der Waals surface area (Å²) in [7, 11) is 0. The standard InChI is InChI=1S/C24H32N2O2S/c1-4-15-25-24(28)22(5-2)26(18-20-11-9-10-19(3)17-20)23(27)14-16-29-21-12-7-6-8-13-21/h6-13,17,22H,4-5,14-16,18H2,1-3H3,(H,25,28)/t22-/m0/s1. The summed E-state index contributed by atoms with van der Waals surface area (Å²) in [5.41, 5.74) is 2.20. The molecule has 0 saturated heterocycles. The molecule has 0 radical (unpaired) electrons. The quantitative estimate of drug-likeness (QED) is 0.539. The first-order valence-electron chi connectivity index (χ1n) is 10.4. The van der Waals surface area contributed by atoms with Crippen LogP contribution in [0.3, 0.4) is 0 Å². The zero-order valence-electron chi connectivity index (χ0n) is 17.7. The summed E-state index contributed by atoms with van der Waals surface area (Å²) in [6.45, 7) is 7.11. The predicted octanol–water partition coefficient (Wildman–Crippen LogP) is 4.81. The van der Waals surface area contributed by atoms with Crippen molar-refractivity contribution in [2.75, 3.05) is 12.3 Å². The van der Waals surface area contributed by atoms with Gasteiger partial charge in [0.25, 0.3) is 0 Å². The molecule has 0 spiro atoms. The summed E-state index contributed by atoms with van der Waals surface area (Å²) in [5, 5.41) is 2.96. The molecule has 2 rings (SSSR count). The number of thioether (sulfide) groups is 1. The lowest BCUT2D eigenvalue weighted by molar-refractivity contribution is -0.141. The van der Waals surface area contributed by atoms with Crippen LogP contribution in [0, 0.1) is 6.92 Å². The Labute approximate surface area is 179 Å². The van der Waals surface area contributed by atoms with Gasteiger partial charge in [0, 0.05) is 30.2 Å². The van der Waals surface area contributed by atoms with Crippen molar-refractivity contribution < 1.29 is 9.59 Å². The Morgan fingerprint density at radius 2 is 1.83 bits per heavy atom. The van der Waals surface area contributed by atoms with Gasteiger partial charge in [0.15, 0.2) is 0 Å². The van der Waals surface area contributed by atoms with Gasteiger partial charge in [-0.1, -0.05) is 61.9 Å². The predicted molar refractivity (Wildman–Crippen MR) is 121 cm³/mol. The molecule has 0 aromatic heterocycles. The van der Waals surface area contributed by atoms with E-state index in [2.05, 4.69) is 11.4 Å². The number of carbonyl (C=O) groups excluding carboxylic acids is 2. The molecule has 1 atom stereocenters. The topological polar surface area (TPSA) is 49.4 Å². The van der Waals surface area contributed by atoms with Crippen molar-refractivity contribution in [3.8, 4) is 0 Å². The van der Waals surface area contributed by atoms with E-state index in [-0.39, 0.29) is 11.8 Å². The third-order valence-corrected chi connectivity index (χ3v) is 5.71. The monoisotopic (exact) mass is 412 g/mol. The molecule has 0 unspecified atom stereocenters. The third-order valence-electron chi connectivity index (χ3n) is 4.70. The molecule has 2 aromatic rings. The Hall–Kier alpha value is -2.27. The molecule has 1 N–H and O–H groups in total. The lowest BCUT2D eigenvalue weighted by Gasteiger charge is -2.31. The van der Waals surface area contributed by atoms with Gasteiger partial charge in [0.05, 0.1) is 0 Å². The van der Waals surface area contributed by atoms with Gasteiger partial charge in [-0.3, -0.25) is 9.59 Å². The molecule has 29 heavy (non-hydrogen) atoms. The van der Waals surface area contributed by atoms with E-state index in [4.69, 9.17) is 0 Å². The normalized spacial score (nSPS) is 11.7. The van der Waals surface area contributed by atoms with E-state index in [1.54, 1.807) is 16.7 Å². The van der Waals surface area contributed by atoms with Gasteiger partial charge in [0.1, 0.15) is 6.04 Å². The number of rotatable bonds is 11. The van der Waals surface area contributed by atoms with Crippen molar-refractivity contribution in [3.05, 3.63) is 65.7 Å². The number of hydrogen-bond donors (Lipinski definition) is 1. The van der Waals surface area contributed by atoms with Crippen molar-refractivity contribution in [2.45, 2.75) is 57.5 Å². The summed E-state index contributed by atoms with van der Waals surface area (Å²) in [6.07, 6.45) is 1.88. The Kier molecular flexibility index (Phi) is 9.78. The van der Waals surface area contributed by atoms with Crippen LogP contribution >= 0.6 is 11.8 Å². The van der Waals surface area contributed by atoms with E-state index < -0.39 is 6.04 Å². The fourth-order valence-electron chi connectivity index (χ4n) is 3.21. The van der Waals surface area contributed by atoms with Crippen LogP contribution < -0.4 is 5.32 Å². The van der Waals surface area contributed by atoms with Gasteiger partial charge in [-0.25, -0.2) is 0 Å². The minimum Gasteiger partial charge on any atom is -0.354 e. The summed E-state index contributed by atoms with van der Waals surface area (Å²) in [4.78, 5) is 28.8. The Bertz CT molecular complexity index is 779. The van der Waals surface area contributed by atoms with E-state index in [1.807, 2.05) is 69.3 Å². The van der Waals surface area contributed by atoms with E-state index >= 15 is 0 Å². The van der Waals surface area contributed by atoms with Crippen molar-refractivity contribution in [1.29, 1.82) is 0 Å². The number of nitrogens with one attached hydrogen (secondary N) is 1. The molecule has 0 aliphatic heterocycles. The number of nitrogens with zero attached hydrogens (tertiary/aromatic N) is 1. The van der Waals surface area contributed by atoms with Gasteiger partial charge in [0.2, 0.25) is 11.8 Å². The zero-order chi connectivity index (χ0) is 21.1. The van der Waals surface area contributed by atoms with Crippen LogP contribution in [0.2, 0.25) is 0 Å². The van der Waals surface area contributed by atoms with Crippen molar-refractivity contribution in [1.82, 2.24) is 10.2 Å². The highest BCUT2D eigenvalue weighted by atomic mass is 32.2. The molecule has 0 saturated carbocycles. The van der Waals surface area contributed by atoms with Crippen LogP contribution in [-0.2, 0) is 16.1 Å². The first kappa shape index (κ1) is 23.0. The smallest absolute Gasteiger partial charge is 0.242 e. The minimum atomic E-state index is -0.448. The molecule has 0 heterocycles. The largest absolute Gasteiger partial charge is 0.354 e. The lowest BCUT2D eigenvalue weighted by atomic mass is 10.1. The first-order valence-corrected chi connectivity index (χ1v) is 11.3. The fourth-order valence-corrected chi connectivity index (χ4v) is 4.07. The summed E-state index contributed by atoms with van der Waals surface area (Å²) >= 11 is 1.67. The van der Waals surface area contributed by atoms with Crippen molar-refractivity contribution in [2.24, 2.45) is 0 Å². The average Bonchev–Trinajstić information content (AvgIpc) is 2.72. The molecule has 2 amide bonds. The maximum Gasteiger partial charge on any atom is 0.242 e. The lowest BCUT2D eigenvalue weighted by Crippen LogP contribution is -2.49. The number of aryl methyl sites for hydroxylation is 1. The number of hydrogen-bond acceptors (Lipinski definition) is 3. The second-order valence-electron chi connectivity index (χ2n) is 7.14. The summed E-state index contributed by atoms with van der Waals surface area (Å²) in [6, 6.07) is 17.8.